The fourth-order valence-corrected chi connectivity index (χ4v) is 6.29. The average molecular weight is 593 g/mol. The molecule has 2 amide bonds. The van der Waals surface area contributed by atoms with Crippen molar-refractivity contribution in [3.05, 3.63) is 103 Å². The third kappa shape index (κ3) is 3.60. The third-order valence-electron chi connectivity index (χ3n) is 7.50. The second-order valence-electron chi connectivity index (χ2n) is 9.57. The van der Waals surface area contributed by atoms with E-state index in [-0.39, 0.29) is 17.2 Å². The zero-order valence-corrected chi connectivity index (χ0v) is 22.2. The number of amides is 2. The van der Waals surface area contributed by atoms with E-state index in [9.17, 15) is 24.5 Å². The smallest absolute Gasteiger partial charge is 0.269 e. The molecule has 0 aliphatic carbocycles. The van der Waals surface area contributed by atoms with Crippen LogP contribution in [0.4, 0.5) is 17.1 Å². The van der Waals surface area contributed by atoms with Gasteiger partial charge in [-0.05, 0) is 48.4 Å². The molecule has 0 saturated carbocycles. The Morgan fingerprint density at radius 3 is 2.37 bits per heavy atom. The summed E-state index contributed by atoms with van der Waals surface area (Å²) in [5.74, 6) is -2.98. The van der Waals surface area contributed by atoms with Gasteiger partial charge in [-0.1, -0.05) is 57.9 Å². The Balaban J connectivity index is 1.49. The minimum atomic E-state index is -0.951. The molecule has 3 aliphatic heterocycles. The van der Waals surface area contributed by atoms with Crippen molar-refractivity contribution >= 4 is 68.3 Å². The van der Waals surface area contributed by atoms with Crippen LogP contribution < -0.4 is 9.80 Å². The largest absolute Gasteiger partial charge is 0.352 e. The standard InChI is InChI=1S/C28H19BrClN3O5/c1-14-12-19(33(37)38)9-11-20(14)32-27(35)23-21-10-5-15-4-8-18(30)13-22(15)31(21)25(24(23)28(32)36)26(34)16-2-6-17(29)7-3-16/h2-13,21,23-25H,1H3/t21-,23+,24+,25+/m1/s1. The maximum Gasteiger partial charge on any atom is 0.269 e. The lowest BCUT2D eigenvalue weighted by Gasteiger charge is -2.36. The van der Waals surface area contributed by atoms with Gasteiger partial charge in [0.15, 0.2) is 5.78 Å². The molecule has 4 atom stereocenters. The predicted molar refractivity (Wildman–Crippen MR) is 146 cm³/mol. The van der Waals surface area contributed by atoms with Crippen LogP contribution in [0.1, 0.15) is 21.5 Å². The van der Waals surface area contributed by atoms with Gasteiger partial charge in [0, 0.05) is 32.9 Å². The van der Waals surface area contributed by atoms with Crippen LogP contribution in [0.15, 0.2) is 71.2 Å². The number of nitro groups is 1. The molecule has 0 bridgehead atoms. The number of carbonyl (C=O) groups excluding carboxylic acids is 3. The van der Waals surface area contributed by atoms with Crippen molar-refractivity contribution < 1.29 is 19.3 Å². The van der Waals surface area contributed by atoms with Crippen LogP contribution in [-0.2, 0) is 9.59 Å². The zero-order valence-electron chi connectivity index (χ0n) is 19.9. The maximum atomic E-state index is 14.1. The summed E-state index contributed by atoms with van der Waals surface area (Å²) in [6.07, 6.45) is 3.74. The highest BCUT2D eigenvalue weighted by atomic mass is 79.9. The number of hydrogen-bond donors (Lipinski definition) is 0. The van der Waals surface area contributed by atoms with E-state index in [2.05, 4.69) is 15.9 Å². The summed E-state index contributed by atoms with van der Waals surface area (Å²) in [5.41, 5.74) is 2.51. The highest BCUT2D eigenvalue weighted by molar-refractivity contribution is 9.10. The summed E-state index contributed by atoms with van der Waals surface area (Å²) in [7, 11) is 0. The van der Waals surface area contributed by atoms with E-state index in [4.69, 9.17) is 11.6 Å². The molecule has 38 heavy (non-hydrogen) atoms. The van der Waals surface area contributed by atoms with Crippen molar-refractivity contribution in [2.45, 2.75) is 19.0 Å². The first-order valence-electron chi connectivity index (χ1n) is 11.9. The first-order chi connectivity index (χ1) is 18.2. The molecular weight excluding hydrogens is 574 g/mol. The number of hydrogen-bond acceptors (Lipinski definition) is 6. The fraction of sp³-hybridized carbons (Fsp3) is 0.179. The Morgan fingerprint density at radius 1 is 0.974 bits per heavy atom. The SMILES string of the molecule is Cc1cc([N+](=O)[O-])ccc1N1C(=O)[C@@H]2[C@H](C1=O)[C@@H](C(=O)c1ccc(Br)cc1)N1c3cc(Cl)ccc3C=C[C@H]21. The molecule has 0 unspecified atom stereocenters. The number of nitrogens with zero attached hydrogens (tertiary/aromatic N) is 3. The number of ketones is 1. The Kier molecular flexibility index (Phi) is 5.73. The molecule has 6 rings (SSSR count). The van der Waals surface area contributed by atoms with Crippen LogP contribution in [0.25, 0.3) is 6.08 Å². The number of Topliss-reactive ketones (excluding diaryl/α,β-unsaturated/α-hetero) is 1. The highest BCUT2D eigenvalue weighted by Crippen LogP contribution is 2.50. The van der Waals surface area contributed by atoms with Gasteiger partial charge in [-0.15, -0.1) is 0 Å². The zero-order chi connectivity index (χ0) is 26.9. The number of halogens is 2. The van der Waals surface area contributed by atoms with Crippen LogP contribution in [0.2, 0.25) is 5.02 Å². The first kappa shape index (κ1) is 24.5. The molecule has 3 aromatic carbocycles. The summed E-state index contributed by atoms with van der Waals surface area (Å²) in [4.78, 5) is 55.7. The van der Waals surface area contributed by atoms with E-state index >= 15 is 0 Å². The second kappa shape index (κ2) is 8.89. The molecule has 3 aromatic rings. The number of non-ortho nitro benzene ring substituents is 1. The number of rotatable bonds is 4. The van der Waals surface area contributed by atoms with E-state index < -0.39 is 40.7 Å². The van der Waals surface area contributed by atoms with Gasteiger partial charge >= 0.3 is 0 Å². The number of fused-ring (bicyclic) bond motifs is 5. The number of carbonyl (C=O) groups is 3. The predicted octanol–water partition coefficient (Wildman–Crippen LogP) is 5.59. The van der Waals surface area contributed by atoms with Gasteiger partial charge < -0.3 is 4.90 Å². The van der Waals surface area contributed by atoms with Crippen LogP contribution in [0, 0.1) is 28.9 Å². The minimum Gasteiger partial charge on any atom is -0.352 e. The van der Waals surface area contributed by atoms with E-state index in [1.54, 1.807) is 43.3 Å². The summed E-state index contributed by atoms with van der Waals surface area (Å²) in [6.45, 7) is 1.62. The van der Waals surface area contributed by atoms with Gasteiger partial charge in [0.25, 0.3) is 5.69 Å². The molecule has 0 spiro atoms. The molecule has 0 radical (unpaired) electrons. The Morgan fingerprint density at radius 2 is 1.68 bits per heavy atom. The topological polar surface area (TPSA) is 101 Å². The Labute approximate surface area is 230 Å². The van der Waals surface area contributed by atoms with E-state index in [1.807, 2.05) is 23.1 Å². The van der Waals surface area contributed by atoms with Gasteiger partial charge in [0.05, 0.1) is 28.5 Å². The summed E-state index contributed by atoms with van der Waals surface area (Å²) >= 11 is 9.72. The van der Waals surface area contributed by atoms with Crippen molar-refractivity contribution in [1.29, 1.82) is 0 Å². The lowest BCUT2D eigenvalue weighted by Crippen LogP contribution is -2.49. The van der Waals surface area contributed by atoms with Gasteiger partial charge in [0.1, 0.15) is 6.04 Å². The van der Waals surface area contributed by atoms with Gasteiger partial charge in [-0.3, -0.25) is 24.5 Å². The molecule has 3 heterocycles. The van der Waals surface area contributed by atoms with Crippen molar-refractivity contribution in [1.82, 2.24) is 0 Å². The lowest BCUT2D eigenvalue weighted by atomic mass is 9.86. The molecule has 190 valence electrons. The fourth-order valence-electron chi connectivity index (χ4n) is 5.86. The quantitative estimate of drug-likeness (QED) is 0.169. The second-order valence-corrected chi connectivity index (χ2v) is 10.9. The minimum absolute atomic E-state index is 0.135. The monoisotopic (exact) mass is 591 g/mol. The van der Waals surface area contributed by atoms with Crippen LogP contribution in [0.5, 0.6) is 0 Å². The molecule has 2 saturated heterocycles. The molecule has 3 aliphatic rings. The van der Waals surface area contributed by atoms with E-state index in [0.29, 0.717) is 21.8 Å². The Bertz CT molecular complexity index is 1590. The van der Waals surface area contributed by atoms with E-state index in [0.717, 1.165) is 14.9 Å². The molecule has 10 heteroatoms. The van der Waals surface area contributed by atoms with E-state index in [1.165, 1.54) is 18.2 Å². The van der Waals surface area contributed by atoms with Crippen molar-refractivity contribution in [3.63, 3.8) is 0 Å². The molecule has 0 N–H and O–H groups in total. The van der Waals surface area contributed by atoms with Gasteiger partial charge in [0.2, 0.25) is 11.8 Å². The van der Waals surface area contributed by atoms with Crippen molar-refractivity contribution in [3.8, 4) is 0 Å². The summed E-state index contributed by atoms with van der Waals surface area (Å²) < 4.78 is 0.807. The lowest BCUT2D eigenvalue weighted by molar-refractivity contribution is -0.384. The van der Waals surface area contributed by atoms with Crippen LogP contribution >= 0.6 is 27.5 Å². The molecule has 8 nitrogen and oxygen atoms in total. The number of aryl methyl sites for hydroxylation is 1. The number of imide groups is 1. The van der Waals surface area contributed by atoms with Crippen LogP contribution in [0.3, 0.4) is 0 Å². The molecule has 2 fully saturated rings. The van der Waals surface area contributed by atoms with Gasteiger partial charge in [-0.2, -0.15) is 0 Å². The van der Waals surface area contributed by atoms with Crippen molar-refractivity contribution in [2.75, 3.05) is 9.80 Å². The number of anilines is 2. The molecular formula is C28H19BrClN3O5. The number of benzene rings is 3. The summed E-state index contributed by atoms with van der Waals surface area (Å²) in [6, 6.07) is 14.8. The normalized spacial score (nSPS) is 23.3. The number of nitro benzene ring substituents is 1. The summed E-state index contributed by atoms with van der Waals surface area (Å²) in [5, 5.41) is 11.7. The van der Waals surface area contributed by atoms with Crippen LogP contribution in [-0.4, -0.2) is 34.6 Å². The Hall–Kier alpha value is -3.82. The molecule has 0 aromatic heterocycles. The van der Waals surface area contributed by atoms with Gasteiger partial charge in [-0.25, -0.2) is 4.90 Å². The first-order valence-corrected chi connectivity index (χ1v) is 13.0. The highest BCUT2D eigenvalue weighted by Gasteiger charge is 2.64. The average Bonchev–Trinajstić information content (AvgIpc) is 3.37. The third-order valence-corrected chi connectivity index (χ3v) is 8.26. The van der Waals surface area contributed by atoms with Crippen molar-refractivity contribution in [2.24, 2.45) is 11.8 Å². The maximum absolute atomic E-state index is 14.1.